The topological polar surface area (TPSA) is 28.7 Å². The summed E-state index contributed by atoms with van der Waals surface area (Å²) in [5, 5.41) is 0. The summed E-state index contributed by atoms with van der Waals surface area (Å²) in [7, 11) is 0. The van der Waals surface area contributed by atoms with Gasteiger partial charge in [-0.2, -0.15) is 0 Å². The molecule has 2 heteroatoms. The van der Waals surface area contributed by atoms with Crippen LogP contribution in [-0.2, 0) is 6.42 Å². The number of nitrogens with one attached hydrogen (secondary N) is 1. The molecule has 0 aliphatic heterocycles. The molecule has 0 bridgehead atoms. The Kier molecular flexibility index (Phi) is 2.49. The molecule has 0 unspecified atom stereocenters. The van der Waals surface area contributed by atoms with Gasteiger partial charge < -0.3 is 4.98 Å². The lowest BCUT2D eigenvalue weighted by molar-refractivity contribution is 1.06. The minimum atomic E-state index is 0.846. The molecule has 0 saturated heterocycles. The fourth-order valence-electron chi connectivity index (χ4n) is 0.685. The summed E-state index contributed by atoms with van der Waals surface area (Å²) in [6.45, 7) is 3.56. The molecule has 0 aliphatic carbocycles. The van der Waals surface area contributed by atoms with Crippen LogP contribution < -0.4 is 0 Å². The predicted molar refractivity (Wildman–Crippen MR) is 41.6 cm³/mol. The molecule has 1 aromatic heterocycles. The second kappa shape index (κ2) is 3.67. The normalized spacial score (nSPS) is 10.4. The van der Waals surface area contributed by atoms with Gasteiger partial charge >= 0.3 is 0 Å². The van der Waals surface area contributed by atoms with E-state index in [4.69, 9.17) is 0 Å². The largest absolute Gasteiger partial charge is 0.348 e. The Hall–Kier alpha value is -1.31. The van der Waals surface area contributed by atoms with Crippen LogP contribution in [0.2, 0.25) is 0 Å². The molecular formula is C8H10N2. The zero-order valence-electron chi connectivity index (χ0n) is 5.75. The summed E-state index contributed by atoms with van der Waals surface area (Å²) in [6.07, 6.45) is 10.1. The summed E-state index contributed by atoms with van der Waals surface area (Å²) in [5.74, 6) is 0.984. The lowest BCUT2D eigenvalue weighted by Crippen LogP contribution is -1.81. The molecule has 1 heterocycles. The fraction of sp³-hybridized carbons (Fsp3) is 0.125. The monoisotopic (exact) mass is 134 g/mol. The molecule has 0 spiro atoms. The summed E-state index contributed by atoms with van der Waals surface area (Å²) in [4.78, 5) is 7.05. The van der Waals surface area contributed by atoms with E-state index in [0.717, 1.165) is 12.2 Å². The Bertz CT molecular complexity index is 209. The van der Waals surface area contributed by atoms with Gasteiger partial charge in [0, 0.05) is 18.8 Å². The molecule has 0 radical (unpaired) electrons. The van der Waals surface area contributed by atoms with E-state index < -0.39 is 0 Å². The van der Waals surface area contributed by atoms with E-state index in [2.05, 4.69) is 16.5 Å². The van der Waals surface area contributed by atoms with Gasteiger partial charge in [0.25, 0.3) is 0 Å². The Balaban J connectivity index is 2.41. The number of nitrogens with zero attached hydrogens (tertiary/aromatic N) is 1. The maximum absolute atomic E-state index is 4.05. The SMILES string of the molecule is C=CC=CCc1ncc[nH]1. The fourth-order valence-corrected chi connectivity index (χ4v) is 0.685. The van der Waals surface area contributed by atoms with Crippen LogP contribution in [0.5, 0.6) is 0 Å². The number of H-pyrrole nitrogens is 1. The first kappa shape index (κ1) is 6.81. The van der Waals surface area contributed by atoms with Crippen molar-refractivity contribution in [3.63, 3.8) is 0 Å². The second-order valence-electron chi connectivity index (χ2n) is 1.90. The van der Waals surface area contributed by atoms with E-state index in [0.29, 0.717) is 0 Å². The Morgan fingerprint density at radius 3 is 3.20 bits per heavy atom. The van der Waals surface area contributed by atoms with E-state index in [9.17, 15) is 0 Å². The van der Waals surface area contributed by atoms with Crippen molar-refractivity contribution in [2.45, 2.75) is 6.42 Å². The molecule has 52 valence electrons. The number of hydrogen-bond acceptors (Lipinski definition) is 1. The van der Waals surface area contributed by atoms with Crippen LogP contribution in [0.3, 0.4) is 0 Å². The molecule has 0 aromatic carbocycles. The predicted octanol–water partition coefficient (Wildman–Crippen LogP) is 1.69. The Morgan fingerprint density at radius 1 is 1.70 bits per heavy atom. The lowest BCUT2D eigenvalue weighted by Gasteiger charge is -1.84. The highest BCUT2D eigenvalue weighted by atomic mass is 14.9. The molecule has 1 N–H and O–H groups in total. The van der Waals surface area contributed by atoms with E-state index in [1.807, 2.05) is 18.3 Å². The smallest absolute Gasteiger partial charge is 0.109 e. The number of aromatic nitrogens is 2. The van der Waals surface area contributed by atoms with Crippen molar-refractivity contribution < 1.29 is 0 Å². The van der Waals surface area contributed by atoms with Crippen molar-refractivity contribution >= 4 is 0 Å². The standard InChI is InChI=1S/C8H10N2/c1-2-3-4-5-8-9-6-7-10-8/h2-4,6-7H,1,5H2,(H,9,10). The molecule has 0 saturated carbocycles. The van der Waals surface area contributed by atoms with Crippen LogP contribution >= 0.6 is 0 Å². The van der Waals surface area contributed by atoms with Gasteiger partial charge in [0.15, 0.2) is 0 Å². The summed E-state index contributed by atoms with van der Waals surface area (Å²) in [6, 6.07) is 0. The molecule has 2 nitrogen and oxygen atoms in total. The Labute approximate surface area is 60.3 Å². The van der Waals surface area contributed by atoms with Gasteiger partial charge in [0.05, 0.1) is 0 Å². The van der Waals surface area contributed by atoms with E-state index >= 15 is 0 Å². The van der Waals surface area contributed by atoms with Crippen molar-refractivity contribution in [2.24, 2.45) is 0 Å². The van der Waals surface area contributed by atoms with Crippen LogP contribution in [0, 0.1) is 0 Å². The zero-order valence-corrected chi connectivity index (χ0v) is 5.75. The average molecular weight is 134 g/mol. The third kappa shape index (κ3) is 1.90. The van der Waals surface area contributed by atoms with Gasteiger partial charge in [-0.1, -0.05) is 24.8 Å². The van der Waals surface area contributed by atoms with E-state index in [1.54, 1.807) is 12.3 Å². The van der Waals surface area contributed by atoms with Crippen molar-refractivity contribution in [1.29, 1.82) is 0 Å². The highest BCUT2D eigenvalue weighted by molar-refractivity contribution is 5.02. The van der Waals surface area contributed by atoms with Crippen LogP contribution in [-0.4, -0.2) is 9.97 Å². The van der Waals surface area contributed by atoms with Crippen LogP contribution in [0.4, 0.5) is 0 Å². The molecule has 1 rings (SSSR count). The minimum Gasteiger partial charge on any atom is -0.348 e. The number of aromatic amines is 1. The highest BCUT2D eigenvalue weighted by Gasteiger charge is 1.86. The summed E-state index contributed by atoms with van der Waals surface area (Å²) in [5.41, 5.74) is 0. The summed E-state index contributed by atoms with van der Waals surface area (Å²) >= 11 is 0. The Morgan fingerprint density at radius 2 is 2.60 bits per heavy atom. The third-order valence-corrected chi connectivity index (χ3v) is 1.14. The average Bonchev–Trinajstić information content (AvgIpc) is 2.41. The van der Waals surface area contributed by atoms with Crippen molar-refractivity contribution in [3.8, 4) is 0 Å². The van der Waals surface area contributed by atoms with Crippen LogP contribution in [0.15, 0.2) is 37.2 Å². The maximum Gasteiger partial charge on any atom is 0.109 e. The highest BCUT2D eigenvalue weighted by Crippen LogP contribution is 1.90. The molecule has 0 fully saturated rings. The number of imidazole rings is 1. The molecule has 10 heavy (non-hydrogen) atoms. The lowest BCUT2D eigenvalue weighted by atomic mass is 10.3. The van der Waals surface area contributed by atoms with Gasteiger partial charge in [-0.25, -0.2) is 4.98 Å². The zero-order chi connectivity index (χ0) is 7.23. The molecule has 0 amide bonds. The summed E-state index contributed by atoms with van der Waals surface area (Å²) < 4.78 is 0. The molecular weight excluding hydrogens is 124 g/mol. The van der Waals surface area contributed by atoms with Crippen molar-refractivity contribution in [3.05, 3.63) is 43.0 Å². The second-order valence-corrected chi connectivity index (χ2v) is 1.90. The van der Waals surface area contributed by atoms with Crippen molar-refractivity contribution in [2.75, 3.05) is 0 Å². The van der Waals surface area contributed by atoms with Gasteiger partial charge in [0.1, 0.15) is 5.82 Å². The minimum absolute atomic E-state index is 0.846. The number of rotatable bonds is 3. The van der Waals surface area contributed by atoms with Gasteiger partial charge in [0.2, 0.25) is 0 Å². The van der Waals surface area contributed by atoms with Gasteiger partial charge in [-0.3, -0.25) is 0 Å². The van der Waals surface area contributed by atoms with Gasteiger partial charge in [-0.05, 0) is 0 Å². The molecule has 0 atom stereocenters. The number of allylic oxidation sites excluding steroid dienone is 3. The molecule has 1 aromatic rings. The van der Waals surface area contributed by atoms with E-state index in [-0.39, 0.29) is 0 Å². The first-order valence-corrected chi connectivity index (χ1v) is 3.19. The molecule has 0 aliphatic rings. The van der Waals surface area contributed by atoms with Crippen molar-refractivity contribution in [1.82, 2.24) is 9.97 Å². The first-order chi connectivity index (χ1) is 4.93. The number of hydrogen-bond donors (Lipinski definition) is 1. The quantitative estimate of drug-likeness (QED) is 0.626. The van der Waals surface area contributed by atoms with Crippen LogP contribution in [0.25, 0.3) is 0 Å². The maximum atomic E-state index is 4.05. The van der Waals surface area contributed by atoms with E-state index in [1.165, 1.54) is 0 Å². The third-order valence-electron chi connectivity index (χ3n) is 1.14. The van der Waals surface area contributed by atoms with Gasteiger partial charge in [-0.15, -0.1) is 0 Å². The van der Waals surface area contributed by atoms with Crippen LogP contribution in [0.1, 0.15) is 5.82 Å². The first-order valence-electron chi connectivity index (χ1n) is 3.19.